The number of hydrogen-bond donors (Lipinski definition) is 0. The van der Waals surface area contributed by atoms with E-state index in [4.69, 9.17) is 0 Å². The monoisotopic (exact) mass is 343 g/mol. The van der Waals surface area contributed by atoms with E-state index in [1.54, 1.807) is 6.20 Å². The Bertz CT molecular complexity index is 1160. The van der Waals surface area contributed by atoms with Gasteiger partial charge < -0.3 is 9.30 Å². The molecule has 1 aliphatic rings. The minimum atomic E-state index is -0.0290. The Kier molecular flexibility index (Phi) is 3.25. The van der Waals surface area contributed by atoms with E-state index in [9.17, 15) is 4.79 Å². The second-order valence-electron chi connectivity index (χ2n) is 6.58. The number of rotatable bonds is 1. The highest BCUT2D eigenvalue weighted by Gasteiger charge is 2.26. The Morgan fingerprint density at radius 1 is 1.15 bits per heavy atom. The minimum absolute atomic E-state index is 0.0290. The number of amides is 1. The zero-order valence-electron chi connectivity index (χ0n) is 14.4. The number of carbonyl (C=O) groups is 1. The van der Waals surface area contributed by atoms with Crippen LogP contribution in [0.2, 0.25) is 0 Å². The molecule has 1 amide bonds. The molecule has 0 N–H and O–H groups in total. The lowest BCUT2D eigenvalue weighted by Crippen LogP contribution is -2.36. The van der Waals surface area contributed by atoms with Gasteiger partial charge in [-0.1, -0.05) is 6.07 Å². The maximum Gasteiger partial charge on any atom is 0.275 e. The van der Waals surface area contributed by atoms with Crippen molar-refractivity contribution in [2.45, 2.75) is 19.9 Å². The van der Waals surface area contributed by atoms with Crippen molar-refractivity contribution >= 4 is 22.5 Å². The molecule has 128 valence electrons. The Labute approximate surface area is 150 Å². The van der Waals surface area contributed by atoms with Crippen LogP contribution in [0.1, 0.15) is 27.6 Å². The van der Waals surface area contributed by atoms with Crippen LogP contribution in [-0.4, -0.2) is 36.7 Å². The fourth-order valence-electron chi connectivity index (χ4n) is 3.64. The van der Waals surface area contributed by atoms with Gasteiger partial charge in [0.25, 0.3) is 5.91 Å². The van der Waals surface area contributed by atoms with E-state index in [1.807, 2.05) is 52.8 Å². The van der Waals surface area contributed by atoms with Crippen molar-refractivity contribution in [2.24, 2.45) is 0 Å². The molecule has 6 heteroatoms. The van der Waals surface area contributed by atoms with E-state index in [-0.39, 0.29) is 5.91 Å². The molecule has 4 aromatic heterocycles. The number of aromatic nitrogens is 4. The standard InChI is InChI=1S/C20H17N5O/c1-13-22-18(17-6-2-3-9-25(13)17)20(26)24-10-7-16-15(12-24)11-14-5-4-8-21-19(14)23-16/h2-6,8-9,11H,7,10,12H2,1H3. The van der Waals surface area contributed by atoms with Crippen molar-refractivity contribution in [2.75, 3.05) is 6.54 Å². The van der Waals surface area contributed by atoms with E-state index >= 15 is 0 Å². The molecule has 0 saturated carbocycles. The van der Waals surface area contributed by atoms with E-state index < -0.39 is 0 Å². The van der Waals surface area contributed by atoms with E-state index in [0.29, 0.717) is 18.8 Å². The summed E-state index contributed by atoms with van der Waals surface area (Å²) in [6.45, 7) is 3.11. The van der Waals surface area contributed by atoms with Crippen molar-refractivity contribution in [3.8, 4) is 0 Å². The van der Waals surface area contributed by atoms with Crippen LogP contribution in [0.15, 0.2) is 48.8 Å². The largest absolute Gasteiger partial charge is 0.332 e. The summed E-state index contributed by atoms with van der Waals surface area (Å²) in [5.41, 5.74) is 4.25. The molecule has 6 nitrogen and oxygen atoms in total. The Hall–Kier alpha value is -3.28. The number of pyridine rings is 3. The van der Waals surface area contributed by atoms with Gasteiger partial charge in [0.2, 0.25) is 0 Å². The van der Waals surface area contributed by atoms with Crippen LogP contribution in [0.5, 0.6) is 0 Å². The third-order valence-corrected chi connectivity index (χ3v) is 4.95. The average Bonchev–Trinajstić information content (AvgIpc) is 3.02. The maximum absolute atomic E-state index is 13.1. The molecule has 5 rings (SSSR count). The molecule has 0 saturated heterocycles. The van der Waals surface area contributed by atoms with Gasteiger partial charge in [0, 0.05) is 43.0 Å². The molecule has 0 aliphatic carbocycles. The normalized spacial score (nSPS) is 14.0. The molecule has 0 fully saturated rings. The Morgan fingerprint density at radius 3 is 3.00 bits per heavy atom. The summed E-state index contributed by atoms with van der Waals surface area (Å²) in [4.78, 5) is 28.5. The Balaban J connectivity index is 1.52. The summed E-state index contributed by atoms with van der Waals surface area (Å²) < 4.78 is 1.95. The van der Waals surface area contributed by atoms with Crippen molar-refractivity contribution in [1.82, 2.24) is 24.3 Å². The van der Waals surface area contributed by atoms with Crippen LogP contribution in [0.3, 0.4) is 0 Å². The molecule has 0 unspecified atom stereocenters. The molecule has 0 bridgehead atoms. The summed E-state index contributed by atoms with van der Waals surface area (Å²) in [6, 6.07) is 11.8. The van der Waals surface area contributed by atoms with Gasteiger partial charge in [0.1, 0.15) is 5.82 Å². The first-order valence-electron chi connectivity index (χ1n) is 8.67. The van der Waals surface area contributed by atoms with Crippen LogP contribution < -0.4 is 0 Å². The number of aryl methyl sites for hydroxylation is 1. The van der Waals surface area contributed by atoms with Crippen LogP contribution in [0, 0.1) is 6.92 Å². The van der Waals surface area contributed by atoms with Crippen LogP contribution in [-0.2, 0) is 13.0 Å². The van der Waals surface area contributed by atoms with Gasteiger partial charge in [-0.05, 0) is 42.8 Å². The molecule has 5 heterocycles. The van der Waals surface area contributed by atoms with Gasteiger partial charge in [-0.15, -0.1) is 0 Å². The lowest BCUT2D eigenvalue weighted by Gasteiger charge is -2.28. The average molecular weight is 343 g/mol. The molecule has 0 aromatic carbocycles. The number of carbonyl (C=O) groups excluding carboxylic acids is 1. The lowest BCUT2D eigenvalue weighted by molar-refractivity contribution is 0.0730. The number of hydrogen-bond acceptors (Lipinski definition) is 4. The second kappa shape index (κ2) is 5.62. The highest BCUT2D eigenvalue weighted by molar-refractivity contribution is 5.99. The quantitative estimate of drug-likeness (QED) is 0.533. The number of nitrogens with zero attached hydrogens (tertiary/aromatic N) is 5. The van der Waals surface area contributed by atoms with Gasteiger partial charge in [0.05, 0.1) is 5.52 Å². The molecule has 4 aromatic rings. The predicted molar refractivity (Wildman–Crippen MR) is 97.9 cm³/mol. The Morgan fingerprint density at radius 2 is 2.08 bits per heavy atom. The van der Waals surface area contributed by atoms with Gasteiger partial charge in [-0.3, -0.25) is 4.79 Å². The third-order valence-electron chi connectivity index (χ3n) is 4.95. The minimum Gasteiger partial charge on any atom is -0.332 e. The highest BCUT2D eigenvalue weighted by Crippen LogP contribution is 2.24. The predicted octanol–water partition coefficient (Wildman–Crippen LogP) is 2.78. The molecule has 0 spiro atoms. The van der Waals surface area contributed by atoms with E-state index in [0.717, 1.165) is 40.1 Å². The van der Waals surface area contributed by atoms with Gasteiger partial charge >= 0.3 is 0 Å². The second-order valence-corrected chi connectivity index (χ2v) is 6.58. The molecule has 0 radical (unpaired) electrons. The molecule has 26 heavy (non-hydrogen) atoms. The first kappa shape index (κ1) is 15.0. The smallest absolute Gasteiger partial charge is 0.275 e. The van der Waals surface area contributed by atoms with Crippen LogP contribution >= 0.6 is 0 Å². The van der Waals surface area contributed by atoms with Crippen molar-refractivity contribution in [1.29, 1.82) is 0 Å². The third kappa shape index (κ3) is 2.26. The summed E-state index contributed by atoms with van der Waals surface area (Å²) in [5, 5.41) is 1.00. The fourth-order valence-corrected chi connectivity index (χ4v) is 3.64. The first-order valence-corrected chi connectivity index (χ1v) is 8.67. The maximum atomic E-state index is 13.1. The van der Waals surface area contributed by atoms with Gasteiger partial charge in [0.15, 0.2) is 11.3 Å². The summed E-state index contributed by atoms with van der Waals surface area (Å²) in [7, 11) is 0. The van der Waals surface area contributed by atoms with Crippen molar-refractivity contribution in [3.05, 3.63) is 71.6 Å². The summed E-state index contributed by atoms with van der Waals surface area (Å²) in [5.74, 6) is 0.791. The molecule has 1 aliphatic heterocycles. The molecule has 0 atom stereocenters. The fraction of sp³-hybridized carbons (Fsp3) is 0.200. The van der Waals surface area contributed by atoms with Crippen LogP contribution in [0.4, 0.5) is 0 Å². The summed E-state index contributed by atoms with van der Waals surface area (Å²) in [6.07, 6.45) is 4.42. The van der Waals surface area contributed by atoms with E-state index in [1.165, 1.54) is 0 Å². The topological polar surface area (TPSA) is 63.4 Å². The van der Waals surface area contributed by atoms with Gasteiger partial charge in [-0.25, -0.2) is 15.0 Å². The van der Waals surface area contributed by atoms with Crippen molar-refractivity contribution in [3.63, 3.8) is 0 Å². The van der Waals surface area contributed by atoms with Crippen molar-refractivity contribution < 1.29 is 4.79 Å². The summed E-state index contributed by atoms with van der Waals surface area (Å²) >= 11 is 0. The van der Waals surface area contributed by atoms with Crippen LogP contribution in [0.25, 0.3) is 16.6 Å². The van der Waals surface area contributed by atoms with Gasteiger partial charge in [-0.2, -0.15) is 0 Å². The highest BCUT2D eigenvalue weighted by atomic mass is 16.2. The molecular weight excluding hydrogens is 326 g/mol. The SMILES string of the molecule is Cc1nc(C(=O)N2CCc3nc4ncccc4cc3C2)c2ccccn12. The number of fused-ring (bicyclic) bond motifs is 3. The number of imidazole rings is 1. The zero-order chi connectivity index (χ0) is 17.7. The lowest BCUT2D eigenvalue weighted by atomic mass is 10.0. The zero-order valence-corrected chi connectivity index (χ0v) is 14.4. The van der Waals surface area contributed by atoms with E-state index in [2.05, 4.69) is 21.0 Å². The molecular formula is C20H17N5O. The first-order chi connectivity index (χ1) is 12.7.